The molecule has 0 amide bonds. The second-order valence-electron chi connectivity index (χ2n) is 7.95. The van der Waals surface area contributed by atoms with Gasteiger partial charge in [-0.2, -0.15) is 0 Å². The van der Waals surface area contributed by atoms with Gasteiger partial charge in [0.2, 0.25) is 0 Å². The van der Waals surface area contributed by atoms with Gasteiger partial charge >= 0.3 is 0 Å². The molecule has 25 heavy (non-hydrogen) atoms. The van der Waals surface area contributed by atoms with E-state index in [1.165, 1.54) is 29.5 Å². The summed E-state index contributed by atoms with van der Waals surface area (Å²) >= 11 is 0. The van der Waals surface area contributed by atoms with Gasteiger partial charge in [0, 0.05) is 34.4 Å². The summed E-state index contributed by atoms with van der Waals surface area (Å²) in [6.45, 7) is 5.78. The van der Waals surface area contributed by atoms with Crippen molar-refractivity contribution >= 4 is 0 Å². The zero-order valence-corrected chi connectivity index (χ0v) is 15.5. The van der Waals surface area contributed by atoms with Crippen LogP contribution in [-0.2, 0) is 20.7 Å². The topological polar surface area (TPSA) is 36.9 Å². The van der Waals surface area contributed by atoms with Gasteiger partial charge in [0.1, 0.15) is 0 Å². The van der Waals surface area contributed by atoms with E-state index in [0.717, 1.165) is 23.5 Å². The minimum Gasteiger partial charge on any atom is -0.493 e. The molecular weight excluding hydrogens is 316 g/mol. The molecule has 0 radical (unpaired) electrons. The molecule has 1 fully saturated rings. The molecule has 1 saturated heterocycles. The average molecular weight is 342 g/mol. The summed E-state index contributed by atoms with van der Waals surface area (Å²) in [5.74, 6) is 1.97. The van der Waals surface area contributed by atoms with Gasteiger partial charge in [-0.15, -0.1) is 0 Å². The lowest BCUT2D eigenvalue weighted by Crippen LogP contribution is -2.50. The van der Waals surface area contributed by atoms with Crippen LogP contribution in [0.25, 0.3) is 0 Å². The first-order valence-electron chi connectivity index (χ1n) is 9.34. The molecule has 4 heteroatoms. The Morgan fingerprint density at radius 1 is 1.08 bits per heavy atom. The van der Waals surface area contributed by atoms with Crippen LogP contribution in [0.2, 0.25) is 0 Å². The Hall–Kier alpha value is -1.52. The maximum absolute atomic E-state index is 6.27. The Bertz CT molecular complexity index is 775. The summed E-state index contributed by atoms with van der Waals surface area (Å²) in [5, 5.41) is 0. The summed E-state index contributed by atoms with van der Waals surface area (Å²) in [6, 6.07) is 0. The molecule has 3 atom stereocenters. The van der Waals surface area contributed by atoms with Gasteiger partial charge in [-0.3, -0.25) is 0 Å². The number of hydrogen-bond acceptors (Lipinski definition) is 4. The summed E-state index contributed by atoms with van der Waals surface area (Å²) < 4.78 is 24.2. The second-order valence-corrected chi connectivity index (χ2v) is 7.95. The van der Waals surface area contributed by atoms with E-state index in [4.69, 9.17) is 18.9 Å². The molecule has 0 saturated carbocycles. The number of hydrogen-bond donors (Lipinski definition) is 0. The van der Waals surface area contributed by atoms with Crippen molar-refractivity contribution in [1.82, 2.24) is 0 Å². The second kappa shape index (κ2) is 5.01. The molecule has 6 rings (SSSR count). The summed E-state index contributed by atoms with van der Waals surface area (Å²) in [4.78, 5) is 0. The Morgan fingerprint density at radius 2 is 1.80 bits per heavy atom. The highest BCUT2D eigenvalue weighted by atomic mass is 16.7. The first-order valence-corrected chi connectivity index (χ1v) is 9.34. The molecule has 134 valence electrons. The number of benzene rings is 1. The van der Waals surface area contributed by atoms with Gasteiger partial charge in [0.15, 0.2) is 17.3 Å². The number of allylic oxidation sites excluding steroid dienone is 2. The van der Waals surface area contributed by atoms with Crippen LogP contribution in [0.1, 0.15) is 54.4 Å². The maximum Gasteiger partial charge on any atom is 0.195 e. The summed E-state index contributed by atoms with van der Waals surface area (Å²) in [7, 11) is 3.48. The summed E-state index contributed by atoms with van der Waals surface area (Å²) in [5.41, 5.74) is 5.10. The van der Waals surface area contributed by atoms with E-state index in [2.05, 4.69) is 26.0 Å². The third-order valence-corrected chi connectivity index (χ3v) is 7.01. The highest BCUT2D eigenvalue weighted by Gasteiger charge is 2.58. The van der Waals surface area contributed by atoms with Gasteiger partial charge < -0.3 is 18.9 Å². The van der Waals surface area contributed by atoms with Crippen molar-refractivity contribution in [1.29, 1.82) is 0 Å². The first kappa shape index (κ1) is 15.7. The van der Waals surface area contributed by atoms with Crippen LogP contribution in [0.3, 0.4) is 0 Å². The average Bonchev–Trinajstić information content (AvgIpc) is 3.09. The zero-order chi connectivity index (χ0) is 17.4. The fraction of sp³-hybridized carbons (Fsp3) is 0.619. The Balaban J connectivity index is 1.93. The van der Waals surface area contributed by atoms with Crippen LogP contribution < -0.4 is 9.47 Å². The van der Waals surface area contributed by atoms with E-state index >= 15 is 0 Å². The molecule has 1 aromatic rings. The lowest BCUT2D eigenvalue weighted by atomic mass is 9.51. The molecule has 4 nitrogen and oxygen atoms in total. The number of ether oxygens (including phenoxy) is 4. The third-order valence-electron chi connectivity index (χ3n) is 7.01. The maximum atomic E-state index is 6.27. The molecule has 2 bridgehead atoms. The van der Waals surface area contributed by atoms with E-state index in [0.29, 0.717) is 25.0 Å². The molecule has 0 N–H and O–H groups in total. The Morgan fingerprint density at radius 3 is 2.40 bits per heavy atom. The molecule has 1 aliphatic heterocycles. The van der Waals surface area contributed by atoms with Crippen molar-refractivity contribution in [3.05, 3.63) is 34.4 Å². The monoisotopic (exact) mass is 342 g/mol. The largest absolute Gasteiger partial charge is 0.493 e. The predicted molar refractivity (Wildman–Crippen MR) is 94.4 cm³/mol. The van der Waals surface area contributed by atoms with Crippen LogP contribution in [0.4, 0.5) is 0 Å². The molecule has 1 heterocycles. The van der Waals surface area contributed by atoms with Crippen molar-refractivity contribution in [2.45, 2.75) is 50.2 Å². The van der Waals surface area contributed by atoms with E-state index in [-0.39, 0.29) is 5.41 Å². The SMILES string of the molecule is COc1c(C)c2c3c(c1OC)[C@@H]1C=C[C@]3(CC1)[C@@H](C)CC21OCCO1. The molecule has 4 aliphatic carbocycles. The van der Waals surface area contributed by atoms with Crippen LogP contribution in [0, 0.1) is 12.8 Å². The van der Waals surface area contributed by atoms with E-state index in [9.17, 15) is 0 Å². The fourth-order valence-electron chi connectivity index (χ4n) is 5.98. The molecule has 5 aliphatic rings. The summed E-state index contributed by atoms with van der Waals surface area (Å²) in [6.07, 6.45) is 8.11. The predicted octanol–water partition coefficient (Wildman–Crippen LogP) is 3.94. The van der Waals surface area contributed by atoms with Gasteiger partial charge in [-0.25, -0.2) is 0 Å². The van der Waals surface area contributed by atoms with Gasteiger partial charge in [0.05, 0.1) is 27.4 Å². The molecule has 0 unspecified atom stereocenters. The number of methoxy groups -OCH3 is 2. The van der Waals surface area contributed by atoms with Gasteiger partial charge in [-0.05, 0) is 31.2 Å². The molecule has 0 aromatic heterocycles. The van der Waals surface area contributed by atoms with E-state index in [1.54, 1.807) is 14.2 Å². The zero-order valence-electron chi connectivity index (χ0n) is 15.5. The minimum atomic E-state index is -0.621. The number of rotatable bonds is 2. The lowest BCUT2D eigenvalue weighted by Gasteiger charge is -2.55. The van der Waals surface area contributed by atoms with Crippen molar-refractivity contribution in [2.24, 2.45) is 5.92 Å². The quantitative estimate of drug-likeness (QED) is 0.763. The molecular formula is C21H26O4. The first-order chi connectivity index (χ1) is 12.1. The third kappa shape index (κ3) is 1.70. The van der Waals surface area contributed by atoms with Crippen molar-refractivity contribution in [3.63, 3.8) is 0 Å². The minimum absolute atomic E-state index is 0.0737. The molecule has 1 aromatic carbocycles. The Kier molecular flexibility index (Phi) is 3.15. The number of fused-ring (bicyclic) bond motifs is 2. The van der Waals surface area contributed by atoms with Crippen LogP contribution in [0.15, 0.2) is 12.2 Å². The van der Waals surface area contributed by atoms with Gasteiger partial charge in [-0.1, -0.05) is 19.1 Å². The van der Waals surface area contributed by atoms with Crippen LogP contribution in [-0.4, -0.2) is 27.4 Å². The van der Waals surface area contributed by atoms with E-state index in [1.807, 2.05) is 0 Å². The Labute approximate surface area is 149 Å². The van der Waals surface area contributed by atoms with Gasteiger partial charge in [0.25, 0.3) is 0 Å². The highest BCUT2D eigenvalue weighted by molar-refractivity contribution is 5.69. The van der Waals surface area contributed by atoms with Crippen molar-refractivity contribution < 1.29 is 18.9 Å². The van der Waals surface area contributed by atoms with Crippen LogP contribution >= 0.6 is 0 Å². The van der Waals surface area contributed by atoms with Crippen molar-refractivity contribution in [3.8, 4) is 11.5 Å². The normalized spacial score (nSPS) is 33.6. The van der Waals surface area contributed by atoms with E-state index < -0.39 is 5.79 Å². The van der Waals surface area contributed by atoms with Crippen molar-refractivity contribution in [2.75, 3.05) is 27.4 Å². The smallest absolute Gasteiger partial charge is 0.195 e. The standard InChI is InChI=1S/C21H26O4/c1-12-11-21(24-9-10-25-21)16-13(2)18(22-3)19(23-4)15-14-5-7-20(12,8-6-14)17(15)16/h5,7,12,14H,6,8-11H2,1-4H3/t12-,14+,20-/m0/s1. The fourth-order valence-corrected chi connectivity index (χ4v) is 5.98. The van der Waals surface area contributed by atoms with Crippen LogP contribution in [0.5, 0.6) is 11.5 Å². The molecule has 2 spiro atoms. The highest BCUT2D eigenvalue weighted by Crippen LogP contribution is 2.65. The lowest BCUT2D eigenvalue weighted by molar-refractivity contribution is -0.190.